The predicted octanol–water partition coefficient (Wildman–Crippen LogP) is 1.51. The molecule has 0 aliphatic heterocycles. The SMILES string of the molecule is COc1cc(C#N)ccc1S(=O)(=O)NCC1(N)CCCCC1. The normalized spacial score (nSPS) is 17.7. The Bertz CT molecular complexity index is 674. The van der Waals surface area contributed by atoms with E-state index in [2.05, 4.69) is 4.72 Å². The maximum Gasteiger partial charge on any atom is 0.244 e. The Hall–Kier alpha value is -1.62. The molecule has 3 N–H and O–H groups in total. The number of methoxy groups -OCH3 is 1. The lowest BCUT2D eigenvalue weighted by atomic mass is 9.83. The number of ether oxygens (including phenoxy) is 1. The molecular formula is C15H21N3O3S. The van der Waals surface area contributed by atoms with E-state index in [4.69, 9.17) is 15.7 Å². The predicted molar refractivity (Wildman–Crippen MR) is 82.9 cm³/mol. The van der Waals surface area contributed by atoms with Crippen LogP contribution in [0.25, 0.3) is 0 Å². The van der Waals surface area contributed by atoms with Gasteiger partial charge in [-0.25, -0.2) is 13.1 Å². The van der Waals surface area contributed by atoms with Crippen LogP contribution in [0.3, 0.4) is 0 Å². The number of hydrogen-bond donors (Lipinski definition) is 2. The first-order chi connectivity index (χ1) is 10.4. The van der Waals surface area contributed by atoms with Gasteiger partial charge in [0.05, 0.1) is 18.7 Å². The zero-order valence-corrected chi connectivity index (χ0v) is 13.4. The molecule has 120 valence electrons. The average molecular weight is 323 g/mol. The molecule has 0 spiro atoms. The van der Waals surface area contributed by atoms with Gasteiger partial charge in [0, 0.05) is 12.1 Å². The van der Waals surface area contributed by atoms with Crippen LogP contribution in [-0.4, -0.2) is 27.6 Å². The molecule has 1 aromatic carbocycles. The largest absolute Gasteiger partial charge is 0.495 e. The summed E-state index contributed by atoms with van der Waals surface area (Å²) in [5, 5.41) is 8.87. The Morgan fingerprint density at radius 1 is 1.36 bits per heavy atom. The summed E-state index contributed by atoms with van der Waals surface area (Å²) in [6.45, 7) is 0.207. The number of nitrogens with zero attached hydrogens (tertiary/aromatic N) is 1. The maximum absolute atomic E-state index is 12.5. The summed E-state index contributed by atoms with van der Waals surface area (Å²) in [6.07, 6.45) is 4.84. The first-order valence-corrected chi connectivity index (χ1v) is 8.75. The van der Waals surface area contributed by atoms with Crippen molar-refractivity contribution in [1.82, 2.24) is 4.72 Å². The van der Waals surface area contributed by atoms with E-state index in [1.54, 1.807) is 0 Å². The Balaban J connectivity index is 2.18. The highest BCUT2D eigenvalue weighted by molar-refractivity contribution is 7.89. The highest BCUT2D eigenvalue weighted by atomic mass is 32.2. The Labute approximate surface area is 131 Å². The van der Waals surface area contributed by atoms with E-state index in [0.29, 0.717) is 5.56 Å². The summed E-state index contributed by atoms with van der Waals surface area (Å²) in [5.41, 5.74) is 6.12. The van der Waals surface area contributed by atoms with E-state index in [-0.39, 0.29) is 17.2 Å². The van der Waals surface area contributed by atoms with Crippen molar-refractivity contribution in [2.24, 2.45) is 5.73 Å². The van der Waals surface area contributed by atoms with Crippen molar-refractivity contribution in [3.8, 4) is 11.8 Å². The Morgan fingerprint density at radius 3 is 2.64 bits per heavy atom. The standard InChI is InChI=1S/C15H21N3O3S/c1-21-13-9-12(10-16)5-6-14(13)22(19,20)18-11-15(17)7-3-2-4-8-15/h5-6,9,18H,2-4,7-8,11,17H2,1H3. The molecule has 22 heavy (non-hydrogen) atoms. The van der Waals surface area contributed by atoms with Crippen molar-refractivity contribution in [1.29, 1.82) is 5.26 Å². The molecule has 1 aromatic rings. The third kappa shape index (κ3) is 3.77. The van der Waals surface area contributed by atoms with Crippen molar-refractivity contribution >= 4 is 10.0 Å². The van der Waals surface area contributed by atoms with Gasteiger partial charge in [0.25, 0.3) is 0 Å². The topological polar surface area (TPSA) is 105 Å². The monoisotopic (exact) mass is 323 g/mol. The lowest BCUT2D eigenvalue weighted by Crippen LogP contribution is -2.51. The van der Waals surface area contributed by atoms with Gasteiger partial charge >= 0.3 is 0 Å². The summed E-state index contributed by atoms with van der Waals surface area (Å²) >= 11 is 0. The van der Waals surface area contributed by atoms with E-state index in [0.717, 1.165) is 32.1 Å². The first kappa shape index (κ1) is 16.7. The highest BCUT2D eigenvalue weighted by Crippen LogP contribution is 2.27. The molecule has 0 heterocycles. The maximum atomic E-state index is 12.5. The van der Waals surface area contributed by atoms with Crippen molar-refractivity contribution in [3.05, 3.63) is 23.8 Å². The van der Waals surface area contributed by atoms with Gasteiger partial charge in [-0.1, -0.05) is 19.3 Å². The van der Waals surface area contributed by atoms with E-state index in [1.165, 1.54) is 25.3 Å². The van der Waals surface area contributed by atoms with Gasteiger partial charge in [0.1, 0.15) is 10.6 Å². The van der Waals surface area contributed by atoms with Crippen molar-refractivity contribution in [3.63, 3.8) is 0 Å². The number of nitrogens with one attached hydrogen (secondary N) is 1. The molecule has 0 radical (unpaired) electrons. The third-order valence-electron chi connectivity index (χ3n) is 4.05. The lowest BCUT2D eigenvalue weighted by molar-refractivity contribution is 0.296. The first-order valence-electron chi connectivity index (χ1n) is 7.27. The number of rotatable bonds is 5. The molecule has 0 aromatic heterocycles. The number of nitriles is 1. The van der Waals surface area contributed by atoms with Crippen LogP contribution in [-0.2, 0) is 10.0 Å². The van der Waals surface area contributed by atoms with Gasteiger partial charge < -0.3 is 10.5 Å². The molecule has 1 aliphatic carbocycles. The molecule has 0 unspecified atom stereocenters. The molecule has 0 amide bonds. The Morgan fingerprint density at radius 2 is 2.05 bits per heavy atom. The second-order valence-corrected chi connectivity index (χ2v) is 7.46. The van der Waals surface area contributed by atoms with Gasteiger partial charge in [-0.2, -0.15) is 5.26 Å². The molecule has 2 rings (SSSR count). The van der Waals surface area contributed by atoms with Gasteiger partial charge in [-0.15, -0.1) is 0 Å². The van der Waals surface area contributed by atoms with E-state index >= 15 is 0 Å². The van der Waals surface area contributed by atoms with Crippen LogP contribution < -0.4 is 15.2 Å². The second kappa shape index (κ2) is 6.65. The van der Waals surface area contributed by atoms with Gasteiger partial charge in [-0.3, -0.25) is 0 Å². The molecular weight excluding hydrogens is 302 g/mol. The molecule has 0 bridgehead atoms. The molecule has 6 nitrogen and oxygen atoms in total. The van der Waals surface area contributed by atoms with Crippen molar-refractivity contribution in [2.45, 2.75) is 42.5 Å². The quantitative estimate of drug-likeness (QED) is 0.854. The minimum absolute atomic E-state index is 0.0217. The van der Waals surface area contributed by atoms with Gasteiger partial charge in [0.15, 0.2) is 0 Å². The summed E-state index contributed by atoms with van der Waals surface area (Å²) in [5.74, 6) is 0.154. The van der Waals surface area contributed by atoms with Crippen LogP contribution in [0.15, 0.2) is 23.1 Å². The Kier molecular flexibility index (Phi) is 5.06. The molecule has 0 saturated heterocycles. The third-order valence-corrected chi connectivity index (χ3v) is 5.49. The van der Waals surface area contributed by atoms with Gasteiger partial charge in [0.2, 0.25) is 10.0 Å². The van der Waals surface area contributed by atoms with Crippen LogP contribution in [0.4, 0.5) is 0 Å². The lowest BCUT2D eigenvalue weighted by Gasteiger charge is -2.33. The van der Waals surface area contributed by atoms with Crippen molar-refractivity contribution < 1.29 is 13.2 Å². The minimum Gasteiger partial charge on any atom is -0.495 e. The fraction of sp³-hybridized carbons (Fsp3) is 0.533. The second-order valence-electron chi connectivity index (χ2n) is 5.73. The summed E-state index contributed by atoms with van der Waals surface area (Å²) < 4.78 is 32.6. The zero-order chi connectivity index (χ0) is 16.2. The fourth-order valence-electron chi connectivity index (χ4n) is 2.71. The molecule has 1 saturated carbocycles. The minimum atomic E-state index is -3.73. The van der Waals surface area contributed by atoms with Crippen LogP contribution in [0.1, 0.15) is 37.7 Å². The van der Waals surface area contributed by atoms with E-state index < -0.39 is 15.6 Å². The fourth-order valence-corrected chi connectivity index (χ4v) is 4.00. The smallest absolute Gasteiger partial charge is 0.244 e. The number of benzene rings is 1. The van der Waals surface area contributed by atoms with Gasteiger partial charge in [-0.05, 0) is 31.0 Å². The zero-order valence-electron chi connectivity index (χ0n) is 12.6. The van der Waals surface area contributed by atoms with Crippen LogP contribution in [0.2, 0.25) is 0 Å². The van der Waals surface area contributed by atoms with Crippen LogP contribution in [0.5, 0.6) is 5.75 Å². The molecule has 1 fully saturated rings. The number of nitrogens with two attached hydrogens (primary N) is 1. The molecule has 0 atom stereocenters. The highest BCUT2D eigenvalue weighted by Gasteiger charge is 2.30. The van der Waals surface area contributed by atoms with Crippen LogP contribution >= 0.6 is 0 Å². The van der Waals surface area contributed by atoms with E-state index in [1.807, 2.05) is 6.07 Å². The molecule has 1 aliphatic rings. The average Bonchev–Trinajstić information content (AvgIpc) is 2.53. The van der Waals surface area contributed by atoms with E-state index in [9.17, 15) is 8.42 Å². The summed E-state index contributed by atoms with van der Waals surface area (Å²) in [7, 11) is -2.35. The number of hydrogen-bond acceptors (Lipinski definition) is 5. The van der Waals surface area contributed by atoms with Crippen LogP contribution in [0, 0.1) is 11.3 Å². The number of sulfonamides is 1. The summed E-state index contributed by atoms with van der Waals surface area (Å²) in [6, 6.07) is 6.20. The molecule has 7 heteroatoms. The van der Waals surface area contributed by atoms with Crippen molar-refractivity contribution in [2.75, 3.05) is 13.7 Å². The summed E-state index contributed by atoms with van der Waals surface area (Å²) in [4.78, 5) is 0.0217.